The zero-order valence-corrected chi connectivity index (χ0v) is 21.8. The molecule has 2 aromatic heterocycles. The average Bonchev–Trinajstić information content (AvgIpc) is 3.46. The molecule has 14 heteroatoms. The van der Waals surface area contributed by atoms with Gasteiger partial charge in [0.2, 0.25) is 0 Å². The van der Waals surface area contributed by atoms with E-state index in [1.165, 1.54) is 47.5 Å². The van der Waals surface area contributed by atoms with Crippen molar-refractivity contribution in [1.82, 2.24) is 24.9 Å². The van der Waals surface area contributed by atoms with Crippen molar-refractivity contribution < 1.29 is 27.1 Å². The zero-order chi connectivity index (χ0) is 29.1. The van der Waals surface area contributed by atoms with Gasteiger partial charge in [0.05, 0.1) is 29.5 Å². The zero-order valence-electron chi connectivity index (χ0n) is 21.8. The Morgan fingerprint density at radius 1 is 1.10 bits per heavy atom. The fourth-order valence-electron chi connectivity index (χ4n) is 4.59. The van der Waals surface area contributed by atoms with Crippen LogP contribution in [0, 0.1) is 5.82 Å². The van der Waals surface area contributed by atoms with Crippen molar-refractivity contribution in [2.75, 3.05) is 43.4 Å². The summed E-state index contributed by atoms with van der Waals surface area (Å²) in [5.74, 6) is -1.74. The highest BCUT2D eigenvalue weighted by Gasteiger charge is 2.42. The van der Waals surface area contributed by atoms with Gasteiger partial charge in [0.1, 0.15) is 22.9 Å². The van der Waals surface area contributed by atoms with E-state index < -0.39 is 29.2 Å². The first kappa shape index (κ1) is 28.0. The summed E-state index contributed by atoms with van der Waals surface area (Å²) in [5.41, 5.74) is 5.03. The molecule has 3 N–H and O–H groups in total. The fourth-order valence-corrected chi connectivity index (χ4v) is 4.59. The van der Waals surface area contributed by atoms with Crippen LogP contribution in [0.25, 0.3) is 5.69 Å². The van der Waals surface area contributed by atoms with Crippen LogP contribution in [-0.2, 0) is 6.18 Å². The van der Waals surface area contributed by atoms with Crippen LogP contribution < -0.4 is 20.7 Å². The van der Waals surface area contributed by atoms with E-state index in [-0.39, 0.29) is 48.5 Å². The summed E-state index contributed by atoms with van der Waals surface area (Å²) in [6.07, 6.45) is -0.436. The molecule has 0 radical (unpaired) electrons. The molecule has 4 aromatic rings. The topological polar surface area (TPSA) is 114 Å². The number of ether oxygens (including phenoxy) is 1. The Balaban J connectivity index is 1.56. The Bertz CT molecular complexity index is 1510. The highest BCUT2D eigenvalue weighted by Crippen LogP contribution is 2.48. The standard InChI is InChI=1S/C27H26F4N8O2/c1-37-12-13-38(16-19(37)14-32)25-21(35-26(40)22-9-11-39(36-22)18-8-10-33-34-15-18)6-7-23(24(25)27(29,30)31)41-20-4-2-17(28)3-5-20/h2-11,15,19H,12-14,16,32H2,1H3,(H,35,40)/t19-/m0/s1. The number of halogens is 4. The van der Waals surface area contributed by atoms with Gasteiger partial charge in [-0.25, -0.2) is 9.07 Å². The van der Waals surface area contributed by atoms with E-state index in [0.29, 0.717) is 12.2 Å². The number of rotatable bonds is 7. The molecule has 10 nitrogen and oxygen atoms in total. The first-order valence-corrected chi connectivity index (χ1v) is 12.6. The summed E-state index contributed by atoms with van der Waals surface area (Å²) in [6, 6.07) is 9.98. The molecule has 1 aliphatic rings. The lowest BCUT2D eigenvalue weighted by molar-refractivity contribution is -0.138. The lowest BCUT2D eigenvalue weighted by Gasteiger charge is -2.41. The Hall–Kier alpha value is -4.56. The van der Waals surface area contributed by atoms with E-state index in [9.17, 15) is 22.4 Å². The Labute approximate surface area is 232 Å². The van der Waals surface area contributed by atoms with Gasteiger partial charge in [-0.3, -0.25) is 9.69 Å². The van der Waals surface area contributed by atoms with Gasteiger partial charge in [0.15, 0.2) is 5.69 Å². The monoisotopic (exact) mass is 570 g/mol. The predicted octanol–water partition coefficient (Wildman–Crippen LogP) is 3.94. The van der Waals surface area contributed by atoms with Gasteiger partial charge in [-0.15, -0.1) is 0 Å². The van der Waals surface area contributed by atoms with E-state index in [1.54, 1.807) is 11.0 Å². The number of hydrogen-bond donors (Lipinski definition) is 2. The van der Waals surface area contributed by atoms with E-state index in [4.69, 9.17) is 10.5 Å². The van der Waals surface area contributed by atoms with Crippen molar-refractivity contribution in [3.8, 4) is 17.2 Å². The van der Waals surface area contributed by atoms with Crippen LogP contribution in [-0.4, -0.2) is 70.1 Å². The maximum absolute atomic E-state index is 14.8. The van der Waals surface area contributed by atoms with Crippen molar-refractivity contribution in [3.05, 3.63) is 84.2 Å². The number of aromatic nitrogens is 4. The van der Waals surface area contributed by atoms with Gasteiger partial charge >= 0.3 is 6.18 Å². The third-order valence-electron chi connectivity index (χ3n) is 6.73. The maximum Gasteiger partial charge on any atom is 0.422 e. The number of benzene rings is 2. The van der Waals surface area contributed by atoms with Gasteiger partial charge < -0.3 is 20.7 Å². The second-order valence-electron chi connectivity index (χ2n) is 9.41. The first-order valence-electron chi connectivity index (χ1n) is 12.6. The lowest BCUT2D eigenvalue weighted by Crippen LogP contribution is -2.54. The van der Waals surface area contributed by atoms with Crippen molar-refractivity contribution in [2.45, 2.75) is 12.2 Å². The van der Waals surface area contributed by atoms with Crippen LogP contribution in [0.5, 0.6) is 11.5 Å². The Morgan fingerprint density at radius 3 is 2.56 bits per heavy atom. The summed E-state index contributed by atoms with van der Waals surface area (Å²) < 4.78 is 64.7. The van der Waals surface area contributed by atoms with Crippen molar-refractivity contribution in [2.24, 2.45) is 5.73 Å². The number of amides is 1. The number of nitrogens with zero attached hydrogens (tertiary/aromatic N) is 6. The Kier molecular flexibility index (Phi) is 7.85. The van der Waals surface area contributed by atoms with Crippen molar-refractivity contribution >= 4 is 17.3 Å². The molecule has 1 amide bonds. The van der Waals surface area contributed by atoms with Crippen molar-refractivity contribution in [1.29, 1.82) is 0 Å². The minimum absolute atomic E-state index is 0.0221. The number of nitrogens with one attached hydrogen (secondary N) is 1. The minimum atomic E-state index is -4.87. The number of nitrogens with two attached hydrogens (primary N) is 1. The molecule has 3 heterocycles. The van der Waals surface area contributed by atoms with E-state index in [0.717, 1.165) is 18.2 Å². The molecule has 1 saturated heterocycles. The van der Waals surface area contributed by atoms with E-state index >= 15 is 0 Å². The summed E-state index contributed by atoms with van der Waals surface area (Å²) in [6.45, 7) is 1.09. The van der Waals surface area contributed by atoms with Gasteiger partial charge in [-0.2, -0.15) is 28.5 Å². The summed E-state index contributed by atoms with van der Waals surface area (Å²) in [5, 5.41) is 14.3. The fraction of sp³-hybridized carbons (Fsp3) is 0.259. The molecule has 1 atom stereocenters. The summed E-state index contributed by atoms with van der Waals surface area (Å²) in [7, 11) is 1.85. The van der Waals surface area contributed by atoms with Crippen molar-refractivity contribution in [3.63, 3.8) is 0 Å². The second-order valence-corrected chi connectivity index (χ2v) is 9.41. The number of carbonyl (C=O) groups is 1. The smallest absolute Gasteiger partial charge is 0.422 e. The minimum Gasteiger partial charge on any atom is -0.457 e. The summed E-state index contributed by atoms with van der Waals surface area (Å²) >= 11 is 0. The molecule has 1 fully saturated rings. The Morgan fingerprint density at radius 2 is 1.88 bits per heavy atom. The number of hydrogen-bond acceptors (Lipinski definition) is 8. The highest BCUT2D eigenvalue weighted by atomic mass is 19.4. The first-order chi connectivity index (χ1) is 19.6. The number of anilines is 2. The van der Waals surface area contributed by atoms with Gasteiger partial charge in [-0.05, 0) is 55.6 Å². The molecule has 5 rings (SSSR count). The maximum atomic E-state index is 14.8. The molecular weight excluding hydrogens is 544 g/mol. The SMILES string of the molecule is CN1CCN(c2c(NC(=O)c3ccn(-c4ccnnc4)n3)ccc(Oc3ccc(F)cc3)c2C(F)(F)F)C[C@@H]1CN. The number of likely N-dealkylation sites (N-methyl/N-ethyl adjacent to an activating group) is 1. The predicted molar refractivity (Wildman–Crippen MR) is 143 cm³/mol. The molecule has 2 aromatic carbocycles. The quantitative estimate of drug-likeness (QED) is 0.321. The number of carbonyl (C=O) groups excluding carboxylic acids is 1. The largest absolute Gasteiger partial charge is 0.457 e. The van der Waals surface area contributed by atoms with Gasteiger partial charge in [0.25, 0.3) is 5.91 Å². The molecule has 0 spiro atoms. The van der Waals surface area contributed by atoms with Gasteiger partial charge in [0, 0.05) is 38.4 Å². The molecule has 41 heavy (non-hydrogen) atoms. The van der Waals surface area contributed by atoms with Crippen LogP contribution in [0.15, 0.2) is 67.1 Å². The summed E-state index contributed by atoms with van der Waals surface area (Å²) in [4.78, 5) is 16.7. The van der Waals surface area contributed by atoms with E-state index in [1.807, 2.05) is 11.9 Å². The third-order valence-corrected chi connectivity index (χ3v) is 6.73. The number of piperazine rings is 1. The molecule has 0 aliphatic carbocycles. The molecule has 0 bridgehead atoms. The molecule has 214 valence electrons. The van der Waals surface area contributed by atoms with Crippen LogP contribution in [0.4, 0.5) is 28.9 Å². The van der Waals surface area contributed by atoms with Crippen LogP contribution in [0.1, 0.15) is 16.1 Å². The second kappa shape index (κ2) is 11.5. The normalized spacial score (nSPS) is 16.0. The lowest BCUT2D eigenvalue weighted by atomic mass is 10.0. The molecule has 0 unspecified atom stereocenters. The molecule has 1 aliphatic heterocycles. The van der Waals surface area contributed by atoms with Crippen LogP contribution >= 0.6 is 0 Å². The average molecular weight is 571 g/mol. The molecule has 0 saturated carbocycles. The van der Waals surface area contributed by atoms with Crippen LogP contribution in [0.2, 0.25) is 0 Å². The highest BCUT2D eigenvalue weighted by molar-refractivity contribution is 6.05. The van der Waals surface area contributed by atoms with E-state index in [2.05, 4.69) is 20.6 Å². The number of alkyl halides is 3. The molecular formula is C27H26F4N8O2. The third kappa shape index (κ3) is 6.12. The van der Waals surface area contributed by atoms with Crippen LogP contribution in [0.3, 0.4) is 0 Å². The van der Waals surface area contributed by atoms with Gasteiger partial charge in [-0.1, -0.05) is 0 Å².